The van der Waals surface area contributed by atoms with Crippen LogP contribution in [0.25, 0.3) is 0 Å². The first-order chi connectivity index (χ1) is 8.69. The van der Waals surface area contributed by atoms with E-state index in [9.17, 15) is 9.59 Å². The monoisotopic (exact) mass is 272 g/mol. The van der Waals surface area contributed by atoms with Gasteiger partial charge >= 0.3 is 0 Å². The first kappa shape index (κ1) is 17.9. The number of ether oxygens (including phenoxy) is 1. The van der Waals surface area contributed by atoms with Gasteiger partial charge in [0.15, 0.2) is 0 Å². The number of hydrogen-bond acceptors (Lipinski definition) is 4. The SMILES string of the molecule is CC(C)(C)OC=O.CC(C)C(=O)N1CCNC[C@@H]1C. The van der Waals surface area contributed by atoms with Gasteiger partial charge in [-0.15, -0.1) is 0 Å². The van der Waals surface area contributed by atoms with Gasteiger partial charge in [0.05, 0.1) is 0 Å². The topological polar surface area (TPSA) is 58.6 Å². The van der Waals surface area contributed by atoms with Crippen molar-refractivity contribution in [2.45, 2.75) is 53.2 Å². The fourth-order valence-corrected chi connectivity index (χ4v) is 1.64. The predicted molar refractivity (Wildman–Crippen MR) is 75.8 cm³/mol. The lowest BCUT2D eigenvalue weighted by atomic mass is 10.1. The van der Waals surface area contributed by atoms with Gasteiger partial charge in [-0.3, -0.25) is 9.59 Å². The summed E-state index contributed by atoms with van der Waals surface area (Å²) in [5.74, 6) is 0.412. The average molecular weight is 272 g/mol. The van der Waals surface area contributed by atoms with Crippen molar-refractivity contribution in [3.63, 3.8) is 0 Å². The Bertz CT molecular complexity index is 285. The summed E-state index contributed by atoms with van der Waals surface area (Å²) in [6, 6.07) is 0.355. The number of nitrogens with zero attached hydrogens (tertiary/aromatic N) is 1. The zero-order valence-electron chi connectivity index (χ0n) is 13.0. The number of hydrogen-bond donors (Lipinski definition) is 1. The summed E-state index contributed by atoms with van der Waals surface area (Å²) in [7, 11) is 0. The van der Waals surface area contributed by atoms with Crippen LogP contribution >= 0.6 is 0 Å². The summed E-state index contributed by atoms with van der Waals surface area (Å²) in [5.41, 5.74) is -0.318. The van der Waals surface area contributed by atoms with Crippen molar-refractivity contribution in [1.82, 2.24) is 10.2 Å². The summed E-state index contributed by atoms with van der Waals surface area (Å²) < 4.78 is 4.55. The number of piperazine rings is 1. The van der Waals surface area contributed by atoms with E-state index in [1.807, 2.05) is 39.5 Å². The smallest absolute Gasteiger partial charge is 0.293 e. The van der Waals surface area contributed by atoms with E-state index >= 15 is 0 Å². The minimum atomic E-state index is -0.318. The molecule has 0 aromatic rings. The lowest BCUT2D eigenvalue weighted by Gasteiger charge is -2.35. The Morgan fingerprint density at radius 3 is 2.32 bits per heavy atom. The lowest BCUT2D eigenvalue weighted by Crippen LogP contribution is -2.53. The molecule has 1 heterocycles. The molecule has 0 radical (unpaired) electrons. The highest BCUT2D eigenvalue weighted by Crippen LogP contribution is 2.07. The second kappa shape index (κ2) is 8.15. The van der Waals surface area contributed by atoms with E-state index in [-0.39, 0.29) is 17.4 Å². The van der Waals surface area contributed by atoms with Crippen LogP contribution in [0.5, 0.6) is 0 Å². The van der Waals surface area contributed by atoms with E-state index < -0.39 is 0 Å². The van der Waals surface area contributed by atoms with E-state index in [0.717, 1.165) is 19.6 Å². The van der Waals surface area contributed by atoms with Crippen LogP contribution in [0.3, 0.4) is 0 Å². The van der Waals surface area contributed by atoms with E-state index in [1.165, 1.54) is 0 Å². The molecule has 0 aliphatic carbocycles. The number of carbonyl (C=O) groups is 2. The lowest BCUT2D eigenvalue weighted by molar-refractivity contribution is -0.139. The average Bonchev–Trinajstić information content (AvgIpc) is 2.28. The minimum absolute atomic E-state index is 0.130. The van der Waals surface area contributed by atoms with Crippen LogP contribution in [0.1, 0.15) is 41.5 Å². The highest BCUT2D eigenvalue weighted by Gasteiger charge is 2.24. The predicted octanol–water partition coefficient (Wildman–Crippen LogP) is 1.42. The van der Waals surface area contributed by atoms with Gasteiger partial charge in [-0.25, -0.2) is 0 Å². The Morgan fingerprint density at radius 1 is 1.42 bits per heavy atom. The summed E-state index contributed by atoms with van der Waals surface area (Å²) in [6.45, 7) is 14.6. The molecule has 1 rings (SSSR count). The summed E-state index contributed by atoms with van der Waals surface area (Å²) in [5, 5.41) is 3.26. The van der Waals surface area contributed by atoms with Crippen LogP contribution in [0.2, 0.25) is 0 Å². The van der Waals surface area contributed by atoms with Crippen molar-refractivity contribution < 1.29 is 14.3 Å². The van der Waals surface area contributed by atoms with Crippen molar-refractivity contribution in [2.24, 2.45) is 5.92 Å². The maximum atomic E-state index is 11.6. The van der Waals surface area contributed by atoms with E-state index in [1.54, 1.807) is 0 Å². The first-order valence-corrected chi connectivity index (χ1v) is 6.81. The normalized spacial score (nSPS) is 19.5. The Balaban J connectivity index is 0.000000399. The molecule has 1 aliphatic rings. The molecule has 0 saturated carbocycles. The van der Waals surface area contributed by atoms with E-state index in [0.29, 0.717) is 12.5 Å². The number of carbonyl (C=O) groups excluding carboxylic acids is 2. The fourth-order valence-electron chi connectivity index (χ4n) is 1.64. The van der Waals surface area contributed by atoms with Crippen LogP contribution in [-0.4, -0.2) is 48.6 Å². The van der Waals surface area contributed by atoms with Crippen molar-refractivity contribution >= 4 is 12.4 Å². The van der Waals surface area contributed by atoms with Gasteiger partial charge in [0.25, 0.3) is 6.47 Å². The Kier molecular flexibility index (Phi) is 7.68. The molecule has 0 bridgehead atoms. The third kappa shape index (κ3) is 7.82. The molecular weight excluding hydrogens is 244 g/mol. The molecule has 1 amide bonds. The molecule has 1 aliphatic heterocycles. The molecule has 1 atom stereocenters. The van der Waals surface area contributed by atoms with Gasteiger partial charge in [0, 0.05) is 31.6 Å². The highest BCUT2D eigenvalue weighted by atomic mass is 16.5. The minimum Gasteiger partial charge on any atom is -0.462 e. The van der Waals surface area contributed by atoms with Crippen LogP contribution in [0, 0.1) is 5.92 Å². The summed E-state index contributed by atoms with van der Waals surface area (Å²) in [4.78, 5) is 23.2. The molecular formula is C14H28N2O3. The second-order valence-electron chi connectivity index (χ2n) is 6.07. The van der Waals surface area contributed by atoms with Crippen molar-refractivity contribution in [2.75, 3.05) is 19.6 Å². The summed E-state index contributed by atoms with van der Waals surface area (Å²) in [6.07, 6.45) is 0. The quantitative estimate of drug-likeness (QED) is 0.772. The summed E-state index contributed by atoms with van der Waals surface area (Å²) >= 11 is 0. The maximum Gasteiger partial charge on any atom is 0.293 e. The molecule has 1 fully saturated rings. The van der Waals surface area contributed by atoms with Gasteiger partial charge in [-0.1, -0.05) is 13.8 Å². The zero-order chi connectivity index (χ0) is 15.1. The number of nitrogens with one attached hydrogen (secondary N) is 1. The third-order valence-electron chi connectivity index (χ3n) is 2.68. The maximum absolute atomic E-state index is 11.6. The molecule has 0 aromatic carbocycles. The van der Waals surface area contributed by atoms with E-state index in [4.69, 9.17) is 0 Å². The molecule has 0 spiro atoms. The van der Waals surface area contributed by atoms with Gasteiger partial charge in [-0.2, -0.15) is 0 Å². The Hall–Kier alpha value is -1.10. The first-order valence-electron chi connectivity index (χ1n) is 6.81. The number of rotatable bonds is 2. The van der Waals surface area contributed by atoms with Crippen LogP contribution in [0.15, 0.2) is 0 Å². The zero-order valence-corrected chi connectivity index (χ0v) is 13.0. The third-order valence-corrected chi connectivity index (χ3v) is 2.68. The van der Waals surface area contributed by atoms with Gasteiger partial charge < -0.3 is 15.0 Å². The molecule has 0 aromatic heterocycles. The standard InChI is InChI=1S/C9H18N2O.C5H10O2/c1-7(2)9(12)11-5-4-10-6-8(11)3;1-5(2,3)7-4-6/h7-8,10H,4-6H2,1-3H3;4H,1-3H3/t8-;/m0./s1. The van der Waals surface area contributed by atoms with Crippen molar-refractivity contribution in [3.05, 3.63) is 0 Å². The van der Waals surface area contributed by atoms with Gasteiger partial charge in [-0.05, 0) is 27.7 Å². The van der Waals surface area contributed by atoms with E-state index in [2.05, 4.69) is 17.0 Å². The molecule has 112 valence electrons. The van der Waals surface area contributed by atoms with Crippen LogP contribution in [-0.2, 0) is 14.3 Å². The van der Waals surface area contributed by atoms with Crippen molar-refractivity contribution in [3.8, 4) is 0 Å². The van der Waals surface area contributed by atoms with Crippen molar-refractivity contribution in [1.29, 1.82) is 0 Å². The van der Waals surface area contributed by atoms with Gasteiger partial charge in [0.2, 0.25) is 5.91 Å². The van der Waals surface area contributed by atoms with Gasteiger partial charge in [0.1, 0.15) is 5.60 Å². The van der Waals surface area contributed by atoms with Crippen LogP contribution in [0.4, 0.5) is 0 Å². The Labute approximate surface area is 116 Å². The molecule has 1 N–H and O–H groups in total. The molecule has 5 nitrogen and oxygen atoms in total. The molecule has 1 saturated heterocycles. The Morgan fingerprint density at radius 2 is 2.00 bits per heavy atom. The molecule has 19 heavy (non-hydrogen) atoms. The van der Waals surface area contributed by atoms with Crippen LogP contribution < -0.4 is 5.32 Å². The molecule has 5 heteroatoms. The molecule has 0 unspecified atom stereocenters. The number of amides is 1. The highest BCUT2D eigenvalue weighted by molar-refractivity contribution is 5.78. The second-order valence-corrected chi connectivity index (χ2v) is 6.07. The largest absolute Gasteiger partial charge is 0.462 e. The fraction of sp³-hybridized carbons (Fsp3) is 0.857.